The topological polar surface area (TPSA) is 65.9 Å². The summed E-state index contributed by atoms with van der Waals surface area (Å²) < 4.78 is 5.35. The Bertz CT molecular complexity index is 575. The van der Waals surface area contributed by atoms with E-state index in [4.69, 9.17) is 9.73 Å². The Balaban J connectivity index is 2.02. The van der Waals surface area contributed by atoms with Crippen LogP contribution < -0.4 is 15.4 Å². The van der Waals surface area contributed by atoms with Gasteiger partial charge in [0.2, 0.25) is 0 Å². The smallest absolute Gasteiger partial charge is 0.191 e. The molecule has 0 aromatic heterocycles. The molecule has 5 nitrogen and oxygen atoms in total. The van der Waals surface area contributed by atoms with Gasteiger partial charge in [-0.2, -0.15) is 0 Å². The third kappa shape index (κ3) is 6.20. The summed E-state index contributed by atoms with van der Waals surface area (Å²) in [6.07, 6.45) is 7.09. The van der Waals surface area contributed by atoms with Crippen molar-refractivity contribution in [1.29, 1.82) is 0 Å². The van der Waals surface area contributed by atoms with Crippen molar-refractivity contribution >= 4 is 5.96 Å². The summed E-state index contributed by atoms with van der Waals surface area (Å²) in [5, 5.41) is 16.4. The number of ether oxygens (including phenoxy) is 1. The maximum absolute atomic E-state index is 9.49. The molecule has 3 N–H and O–H groups in total. The lowest BCUT2D eigenvalue weighted by atomic mass is 9.72. The first-order chi connectivity index (χ1) is 12.6. The fourth-order valence-corrected chi connectivity index (χ4v) is 3.87. The van der Waals surface area contributed by atoms with Gasteiger partial charge in [-0.1, -0.05) is 25.3 Å². The summed E-state index contributed by atoms with van der Waals surface area (Å²) in [5.74, 6) is 1.72. The number of nitrogens with zero attached hydrogens (tertiary/aromatic N) is 1. The molecule has 0 amide bonds. The lowest BCUT2D eigenvalue weighted by Gasteiger charge is -2.37. The molecule has 146 valence electrons. The van der Waals surface area contributed by atoms with Gasteiger partial charge in [-0.25, -0.2) is 4.99 Å². The zero-order valence-corrected chi connectivity index (χ0v) is 16.6. The standard InChI is InChI=1S/C21H35N3O2/c1-4-22-20(23-15-18-12-17(2)13-19(14-18)26-3)24-16-21(10-11-25)8-6-5-7-9-21/h12-14,25H,4-11,15-16H2,1-3H3,(H2,22,23,24). The van der Waals surface area contributed by atoms with E-state index < -0.39 is 0 Å². The number of aliphatic hydroxyl groups excluding tert-OH is 1. The Morgan fingerprint density at radius 2 is 1.96 bits per heavy atom. The van der Waals surface area contributed by atoms with Gasteiger partial charge in [0.1, 0.15) is 5.75 Å². The summed E-state index contributed by atoms with van der Waals surface area (Å²) >= 11 is 0. The van der Waals surface area contributed by atoms with Crippen molar-refractivity contribution in [2.24, 2.45) is 10.4 Å². The highest BCUT2D eigenvalue weighted by atomic mass is 16.5. The zero-order valence-electron chi connectivity index (χ0n) is 16.6. The van der Waals surface area contributed by atoms with E-state index in [2.05, 4.69) is 30.5 Å². The van der Waals surface area contributed by atoms with Gasteiger partial charge in [0.05, 0.1) is 13.7 Å². The highest BCUT2D eigenvalue weighted by Crippen LogP contribution is 2.38. The number of rotatable bonds is 8. The number of hydrogen-bond donors (Lipinski definition) is 3. The van der Waals surface area contributed by atoms with Crippen LogP contribution in [0.25, 0.3) is 0 Å². The average Bonchev–Trinajstić information content (AvgIpc) is 2.64. The van der Waals surface area contributed by atoms with E-state index in [1.165, 1.54) is 37.7 Å². The molecule has 1 aromatic rings. The van der Waals surface area contributed by atoms with Crippen LogP contribution in [0, 0.1) is 12.3 Å². The monoisotopic (exact) mass is 361 g/mol. The number of hydrogen-bond acceptors (Lipinski definition) is 3. The van der Waals surface area contributed by atoms with Gasteiger partial charge in [0, 0.05) is 19.7 Å². The fourth-order valence-electron chi connectivity index (χ4n) is 3.87. The minimum atomic E-state index is 0.204. The summed E-state index contributed by atoms with van der Waals surface area (Å²) in [6.45, 7) is 6.73. The first-order valence-corrected chi connectivity index (χ1v) is 9.88. The van der Waals surface area contributed by atoms with E-state index in [-0.39, 0.29) is 12.0 Å². The number of aliphatic imine (C=N–C) groups is 1. The molecule has 1 aliphatic rings. The second-order valence-corrected chi connectivity index (χ2v) is 7.44. The second kappa shape index (κ2) is 10.4. The summed E-state index contributed by atoms with van der Waals surface area (Å²) in [4.78, 5) is 4.75. The van der Waals surface area contributed by atoms with Crippen LogP contribution in [0.15, 0.2) is 23.2 Å². The number of nitrogens with one attached hydrogen (secondary N) is 2. The third-order valence-electron chi connectivity index (χ3n) is 5.30. The van der Waals surface area contributed by atoms with Gasteiger partial charge in [0.15, 0.2) is 5.96 Å². The number of aryl methyl sites for hydroxylation is 1. The Morgan fingerprint density at radius 1 is 1.19 bits per heavy atom. The van der Waals surface area contributed by atoms with Crippen LogP contribution in [0.3, 0.4) is 0 Å². The van der Waals surface area contributed by atoms with Crippen LogP contribution in [0.4, 0.5) is 0 Å². The van der Waals surface area contributed by atoms with Crippen molar-refractivity contribution in [3.63, 3.8) is 0 Å². The molecule has 0 spiro atoms. The van der Waals surface area contributed by atoms with Crippen molar-refractivity contribution in [3.8, 4) is 5.75 Å². The molecule has 5 heteroatoms. The molecule has 0 saturated heterocycles. The largest absolute Gasteiger partial charge is 0.497 e. The van der Waals surface area contributed by atoms with Gasteiger partial charge in [-0.15, -0.1) is 0 Å². The Morgan fingerprint density at radius 3 is 2.62 bits per heavy atom. The number of methoxy groups -OCH3 is 1. The molecule has 0 atom stereocenters. The Labute approximate surface area is 158 Å². The van der Waals surface area contributed by atoms with Crippen LogP contribution in [0.5, 0.6) is 5.75 Å². The molecular formula is C21H35N3O2. The van der Waals surface area contributed by atoms with Gasteiger partial charge >= 0.3 is 0 Å². The summed E-state index contributed by atoms with van der Waals surface area (Å²) in [5.41, 5.74) is 2.52. The van der Waals surface area contributed by atoms with Crippen molar-refractivity contribution in [3.05, 3.63) is 29.3 Å². The maximum atomic E-state index is 9.49. The maximum Gasteiger partial charge on any atom is 0.191 e. The molecule has 1 saturated carbocycles. The number of guanidine groups is 1. The molecule has 1 aromatic carbocycles. The molecule has 26 heavy (non-hydrogen) atoms. The van der Waals surface area contributed by atoms with E-state index in [9.17, 15) is 5.11 Å². The zero-order chi connectivity index (χ0) is 18.8. The van der Waals surface area contributed by atoms with Gasteiger partial charge < -0.3 is 20.5 Å². The molecule has 0 bridgehead atoms. The van der Waals surface area contributed by atoms with Crippen LogP contribution >= 0.6 is 0 Å². The van der Waals surface area contributed by atoms with Gasteiger partial charge in [-0.3, -0.25) is 0 Å². The van der Waals surface area contributed by atoms with Crippen molar-refractivity contribution in [2.45, 2.75) is 58.9 Å². The molecule has 2 rings (SSSR count). The normalized spacial score (nSPS) is 17.0. The van der Waals surface area contributed by atoms with Crippen LogP contribution in [-0.4, -0.2) is 37.9 Å². The second-order valence-electron chi connectivity index (χ2n) is 7.44. The summed E-state index contributed by atoms with van der Waals surface area (Å²) in [7, 11) is 1.69. The summed E-state index contributed by atoms with van der Waals surface area (Å²) in [6, 6.07) is 6.21. The average molecular weight is 362 g/mol. The van der Waals surface area contributed by atoms with Crippen molar-refractivity contribution in [1.82, 2.24) is 10.6 Å². The lowest BCUT2D eigenvalue weighted by Crippen LogP contribution is -2.44. The highest BCUT2D eigenvalue weighted by Gasteiger charge is 2.31. The Hall–Kier alpha value is -1.75. The minimum Gasteiger partial charge on any atom is -0.497 e. The third-order valence-corrected chi connectivity index (χ3v) is 5.30. The minimum absolute atomic E-state index is 0.204. The first kappa shape index (κ1) is 20.6. The highest BCUT2D eigenvalue weighted by molar-refractivity contribution is 5.79. The molecule has 0 heterocycles. The van der Waals surface area contributed by atoms with E-state index >= 15 is 0 Å². The molecule has 0 unspecified atom stereocenters. The van der Waals surface area contributed by atoms with E-state index in [0.717, 1.165) is 36.8 Å². The Kier molecular flexibility index (Phi) is 8.23. The first-order valence-electron chi connectivity index (χ1n) is 9.88. The molecule has 1 fully saturated rings. The lowest BCUT2D eigenvalue weighted by molar-refractivity contribution is 0.131. The SMILES string of the molecule is CCNC(=NCc1cc(C)cc(OC)c1)NCC1(CCO)CCCCC1. The quantitative estimate of drug-likeness (QED) is 0.490. The van der Waals surface area contributed by atoms with Crippen molar-refractivity contribution < 1.29 is 9.84 Å². The molecule has 1 aliphatic carbocycles. The molecule has 0 radical (unpaired) electrons. The molecule has 0 aliphatic heterocycles. The number of benzene rings is 1. The van der Waals surface area contributed by atoms with E-state index in [0.29, 0.717) is 6.54 Å². The van der Waals surface area contributed by atoms with Gasteiger partial charge in [0.25, 0.3) is 0 Å². The molecular weight excluding hydrogens is 326 g/mol. The fraction of sp³-hybridized carbons (Fsp3) is 0.667. The number of aliphatic hydroxyl groups is 1. The van der Waals surface area contributed by atoms with Crippen LogP contribution in [-0.2, 0) is 6.54 Å². The van der Waals surface area contributed by atoms with Crippen molar-refractivity contribution in [2.75, 3.05) is 26.8 Å². The predicted octanol–water partition coefficient (Wildman–Crippen LogP) is 3.39. The predicted molar refractivity (Wildman–Crippen MR) is 108 cm³/mol. The van der Waals surface area contributed by atoms with Gasteiger partial charge in [-0.05, 0) is 61.8 Å². The van der Waals surface area contributed by atoms with E-state index in [1.54, 1.807) is 7.11 Å². The van der Waals surface area contributed by atoms with Crippen LogP contribution in [0.2, 0.25) is 0 Å². The van der Waals surface area contributed by atoms with Crippen LogP contribution in [0.1, 0.15) is 56.6 Å². The van der Waals surface area contributed by atoms with E-state index in [1.807, 2.05) is 12.1 Å².